The van der Waals surface area contributed by atoms with Crippen molar-refractivity contribution in [3.8, 4) is 0 Å². The van der Waals surface area contributed by atoms with Gasteiger partial charge in [-0.3, -0.25) is 0 Å². The zero-order chi connectivity index (χ0) is 5.15. The lowest BCUT2D eigenvalue weighted by Gasteiger charge is -1.88. The van der Waals surface area contributed by atoms with Gasteiger partial charge in [0.1, 0.15) is 0 Å². The minimum atomic E-state index is 0. The minimum Gasteiger partial charge on any atom is -0.0959 e. The highest BCUT2D eigenvalue weighted by Gasteiger charge is 1.77. The van der Waals surface area contributed by atoms with Crippen LogP contribution in [0.5, 0.6) is 0 Å². The van der Waals surface area contributed by atoms with Gasteiger partial charge in [-0.25, -0.2) is 0 Å². The van der Waals surface area contributed by atoms with Gasteiger partial charge in [0.2, 0.25) is 0 Å². The van der Waals surface area contributed by atoms with E-state index >= 15 is 0 Å². The average molecular weight is 85.2 g/mol. The number of allylic oxidation sites excluding steroid dienone is 2. The molecular formula is C6H12. The first-order chi connectivity index (χ1) is 2.64. The van der Waals surface area contributed by atoms with Crippen LogP contribution in [0.1, 0.15) is 15.3 Å². The molecule has 0 aliphatic rings. The molecule has 0 saturated heterocycles. The van der Waals surface area contributed by atoms with Gasteiger partial charge in [-0.15, -0.1) is 0 Å². The standard InChI is InChI=1S/C6H10.H2/c1-5(2)6(3)4;/h1,3H2,2,4H3;1H/i;1+1. The summed E-state index contributed by atoms with van der Waals surface area (Å²) < 4.78 is 0. The van der Waals surface area contributed by atoms with Crippen molar-refractivity contribution in [1.29, 1.82) is 0 Å². The van der Waals surface area contributed by atoms with Crippen LogP contribution in [-0.4, -0.2) is 0 Å². The first-order valence-electron chi connectivity index (χ1n) is 1.96. The second kappa shape index (κ2) is 1.81. The largest absolute Gasteiger partial charge is 0.0959 e. The molecule has 0 N–H and O–H groups in total. The molecule has 0 fully saturated rings. The second-order valence-electron chi connectivity index (χ2n) is 1.56. The summed E-state index contributed by atoms with van der Waals surface area (Å²) in [5, 5.41) is 0. The van der Waals surface area contributed by atoms with E-state index in [2.05, 4.69) is 13.2 Å². The maximum absolute atomic E-state index is 3.66. The normalized spacial score (nSPS) is 7.67. The van der Waals surface area contributed by atoms with Crippen molar-refractivity contribution in [2.24, 2.45) is 0 Å². The maximum Gasteiger partial charge on any atom is 0 e. The predicted molar refractivity (Wildman–Crippen MR) is 31.7 cm³/mol. The van der Waals surface area contributed by atoms with Crippen molar-refractivity contribution < 1.29 is 1.43 Å². The van der Waals surface area contributed by atoms with E-state index in [0.29, 0.717) is 0 Å². The minimum absolute atomic E-state index is 0. The van der Waals surface area contributed by atoms with Gasteiger partial charge in [0, 0.05) is 1.43 Å². The number of hydrogen-bond acceptors (Lipinski definition) is 0. The summed E-state index contributed by atoms with van der Waals surface area (Å²) in [7, 11) is 0. The van der Waals surface area contributed by atoms with Crippen LogP contribution in [-0.2, 0) is 0 Å². The Kier molecular flexibility index (Phi) is 1.65. The third kappa shape index (κ3) is 1.77. The highest BCUT2D eigenvalue weighted by Crippen LogP contribution is 1.98. The Balaban J connectivity index is 0. The Morgan fingerprint density at radius 2 is 1.33 bits per heavy atom. The molecule has 0 aromatic heterocycles. The van der Waals surface area contributed by atoms with E-state index in [9.17, 15) is 0 Å². The van der Waals surface area contributed by atoms with Gasteiger partial charge < -0.3 is 0 Å². The molecule has 0 atom stereocenters. The van der Waals surface area contributed by atoms with Crippen LogP contribution in [0, 0.1) is 0 Å². The first-order valence-corrected chi connectivity index (χ1v) is 1.96. The summed E-state index contributed by atoms with van der Waals surface area (Å²) >= 11 is 0. The van der Waals surface area contributed by atoms with Gasteiger partial charge in [-0.05, 0) is 13.8 Å². The molecule has 6 heavy (non-hydrogen) atoms. The molecule has 0 heteroatoms. The molecule has 0 aromatic rings. The molecule has 0 aliphatic carbocycles. The number of hydrogen-bond donors (Lipinski definition) is 0. The van der Waals surface area contributed by atoms with E-state index in [1.54, 1.807) is 0 Å². The van der Waals surface area contributed by atoms with E-state index in [0.717, 1.165) is 11.1 Å². The molecule has 0 nitrogen and oxygen atoms in total. The Morgan fingerprint density at radius 1 is 1.17 bits per heavy atom. The second-order valence-corrected chi connectivity index (χ2v) is 1.56. The van der Waals surface area contributed by atoms with E-state index in [1.807, 2.05) is 13.8 Å². The van der Waals surface area contributed by atoms with Crippen LogP contribution in [0.25, 0.3) is 0 Å². The monoisotopic (exact) mass is 85.1 g/mol. The summed E-state index contributed by atoms with van der Waals surface area (Å²) in [5.41, 5.74) is 2.13. The van der Waals surface area contributed by atoms with Gasteiger partial charge >= 0.3 is 0 Å². The number of rotatable bonds is 1. The van der Waals surface area contributed by atoms with Crippen LogP contribution in [0.3, 0.4) is 0 Å². The third-order valence-corrected chi connectivity index (χ3v) is 0.729. The van der Waals surface area contributed by atoms with E-state index in [1.165, 1.54) is 0 Å². The average Bonchev–Trinajstić information content (AvgIpc) is 1.36. The smallest absolute Gasteiger partial charge is 0 e. The van der Waals surface area contributed by atoms with E-state index in [-0.39, 0.29) is 1.43 Å². The van der Waals surface area contributed by atoms with Crippen molar-refractivity contribution in [1.82, 2.24) is 0 Å². The lowest BCUT2D eigenvalue weighted by atomic mass is 10.2. The zero-order valence-corrected chi connectivity index (χ0v) is 4.41. The summed E-state index contributed by atoms with van der Waals surface area (Å²) in [4.78, 5) is 0. The fraction of sp³-hybridized carbons (Fsp3) is 0.333. The lowest BCUT2D eigenvalue weighted by Crippen LogP contribution is -1.67. The Bertz CT molecular complexity index is 70.2. The predicted octanol–water partition coefficient (Wildman–Crippen LogP) is 2.38. The van der Waals surface area contributed by atoms with Gasteiger partial charge in [0.25, 0.3) is 0 Å². The van der Waals surface area contributed by atoms with Gasteiger partial charge in [0.15, 0.2) is 0 Å². The molecule has 0 radical (unpaired) electrons. The van der Waals surface area contributed by atoms with Gasteiger partial charge in [-0.2, -0.15) is 0 Å². The summed E-state index contributed by atoms with van der Waals surface area (Å²) in [6, 6.07) is 0. The quantitative estimate of drug-likeness (QED) is 0.429. The Labute approximate surface area is 40.7 Å². The molecule has 36 valence electrons. The summed E-state index contributed by atoms with van der Waals surface area (Å²) in [5.74, 6) is 0. The summed E-state index contributed by atoms with van der Waals surface area (Å²) in [6.07, 6.45) is 0. The van der Waals surface area contributed by atoms with Crippen LogP contribution < -0.4 is 0 Å². The van der Waals surface area contributed by atoms with Gasteiger partial charge in [-0.1, -0.05) is 24.3 Å². The highest BCUT2D eigenvalue weighted by atomic mass is 13.8. The molecule has 0 heterocycles. The third-order valence-electron chi connectivity index (χ3n) is 0.729. The molecule has 0 rings (SSSR count). The van der Waals surface area contributed by atoms with Crippen molar-refractivity contribution in [2.75, 3.05) is 0 Å². The Hall–Kier alpha value is -0.520. The van der Waals surface area contributed by atoms with E-state index < -0.39 is 0 Å². The van der Waals surface area contributed by atoms with Crippen LogP contribution in [0.4, 0.5) is 0 Å². The fourth-order valence-corrected chi connectivity index (χ4v) is 0. The Morgan fingerprint density at radius 3 is 1.33 bits per heavy atom. The molecule has 0 spiro atoms. The maximum atomic E-state index is 3.66. The highest BCUT2D eigenvalue weighted by molar-refractivity contribution is 5.19. The van der Waals surface area contributed by atoms with E-state index in [4.69, 9.17) is 0 Å². The molecule has 0 bridgehead atoms. The molecule has 0 aromatic carbocycles. The van der Waals surface area contributed by atoms with Crippen molar-refractivity contribution in [2.45, 2.75) is 13.8 Å². The van der Waals surface area contributed by atoms with Crippen molar-refractivity contribution in [3.63, 3.8) is 0 Å². The van der Waals surface area contributed by atoms with Crippen LogP contribution in [0.15, 0.2) is 24.3 Å². The zero-order valence-electron chi connectivity index (χ0n) is 4.41. The van der Waals surface area contributed by atoms with Gasteiger partial charge in [0.05, 0.1) is 0 Å². The summed E-state index contributed by atoms with van der Waals surface area (Å²) in [6.45, 7) is 11.2. The molecule has 0 unspecified atom stereocenters. The lowest BCUT2D eigenvalue weighted by molar-refractivity contribution is 1.39. The van der Waals surface area contributed by atoms with Crippen molar-refractivity contribution >= 4 is 0 Å². The van der Waals surface area contributed by atoms with Crippen molar-refractivity contribution in [3.05, 3.63) is 24.3 Å². The molecule has 0 amide bonds. The SMILES string of the molecule is C=C(C)C(=C)C.[2HH]. The molecular weight excluding hydrogens is 72.1 g/mol. The van der Waals surface area contributed by atoms with Crippen LogP contribution >= 0.6 is 0 Å². The fourth-order valence-electron chi connectivity index (χ4n) is 0. The van der Waals surface area contributed by atoms with Crippen LogP contribution in [0.2, 0.25) is 0 Å². The molecule has 0 aliphatic heterocycles. The molecule has 0 saturated carbocycles. The first kappa shape index (κ1) is 5.48. The topological polar surface area (TPSA) is 0 Å².